The molecule has 2 amide bonds. The molecule has 0 aromatic rings. The van der Waals surface area contributed by atoms with Gasteiger partial charge in [-0.05, 0) is 50.4 Å². The summed E-state index contributed by atoms with van der Waals surface area (Å²) < 4.78 is 0. The Kier molecular flexibility index (Phi) is 4.16. The van der Waals surface area contributed by atoms with Crippen molar-refractivity contribution in [1.29, 1.82) is 0 Å². The van der Waals surface area contributed by atoms with Crippen molar-refractivity contribution in [3.05, 3.63) is 0 Å². The molecule has 0 bridgehead atoms. The molecule has 4 rings (SSSR count). The van der Waals surface area contributed by atoms with Crippen molar-refractivity contribution < 1.29 is 9.59 Å². The van der Waals surface area contributed by atoms with E-state index in [1.165, 1.54) is 6.42 Å². The summed E-state index contributed by atoms with van der Waals surface area (Å²) >= 11 is 0. The van der Waals surface area contributed by atoms with Crippen LogP contribution in [0.25, 0.3) is 0 Å². The Morgan fingerprint density at radius 3 is 2.40 bits per heavy atom. The fourth-order valence-electron chi connectivity index (χ4n) is 5.32. The van der Waals surface area contributed by atoms with E-state index in [1.54, 1.807) is 0 Å². The van der Waals surface area contributed by atoms with Crippen LogP contribution in [-0.4, -0.2) is 35.8 Å². The van der Waals surface area contributed by atoms with Gasteiger partial charge in [-0.15, -0.1) is 0 Å². The normalized spacial score (nSPS) is 36.8. The number of nitrogens with one attached hydrogen (secondary N) is 1. The number of carbonyl (C=O) groups excluding carboxylic acids is 2. The van der Waals surface area contributed by atoms with E-state index in [9.17, 15) is 9.59 Å². The van der Waals surface area contributed by atoms with E-state index in [-0.39, 0.29) is 28.7 Å². The number of likely N-dealkylation sites (tertiary alicyclic amines) is 1. The van der Waals surface area contributed by atoms with E-state index in [1.807, 2.05) is 0 Å². The van der Waals surface area contributed by atoms with E-state index < -0.39 is 0 Å². The Morgan fingerprint density at radius 1 is 1.12 bits per heavy atom. The molecule has 0 aromatic carbocycles. The van der Waals surface area contributed by atoms with Crippen LogP contribution in [0.1, 0.15) is 72.1 Å². The minimum Gasteiger partial charge on any atom is -0.351 e. The maximum Gasteiger partial charge on any atom is 0.228 e. The number of fused-ring (bicyclic) bond motifs is 1. The highest BCUT2D eigenvalue weighted by molar-refractivity contribution is 5.86. The Morgan fingerprint density at radius 2 is 1.80 bits per heavy atom. The molecule has 25 heavy (non-hydrogen) atoms. The first kappa shape index (κ1) is 17.4. The summed E-state index contributed by atoms with van der Waals surface area (Å²) in [5.74, 6) is 2.49. The van der Waals surface area contributed by atoms with Gasteiger partial charge in [-0.2, -0.15) is 0 Å². The number of carbonyl (C=O) groups is 2. The van der Waals surface area contributed by atoms with Gasteiger partial charge in [0.1, 0.15) is 0 Å². The zero-order valence-electron chi connectivity index (χ0n) is 16.1. The van der Waals surface area contributed by atoms with Crippen molar-refractivity contribution in [3.63, 3.8) is 0 Å². The average molecular weight is 347 g/mol. The van der Waals surface area contributed by atoms with E-state index in [4.69, 9.17) is 0 Å². The lowest BCUT2D eigenvalue weighted by Crippen LogP contribution is -2.46. The van der Waals surface area contributed by atoms with E-state index in [0.29, 0.717) is 12.5 Å². The molecule has 4 atom stereocenters. The zero-order chi connectivity index (χ0) is 17.8. The summed E-state index contributed by atoms with van der Waals surface area (Å²) in [6.45, 7) is 8.07. The standard InChI is InChI=1S/C21H34N2O2/c1-4-5-6-21(7-8-21)19(25)23-12-17(20(2,3)13-23)22-18(24)16-10-14-9-15(14)11-16/h14-17H,4-13H2,1-3H3,(H,22,24)/t14-,15+,16?,17?. The molecule has 4 heteroatoms. The Balaban J connectivity index is 1.35. The van der Waals surface area contributed by atoms with Crippen LogP contribution in [0.15, 0.2) is 0 Å². The van der Waals surface area contributed by atoms with Crippen LogP contribution in [0, 0.1) is 28.6 Å². The van der Waals surface area contributed by atoms with Gasteiger partial charge in [0.25, 0.3) is 0 Å². The van der Waals surface area contributed by atoms with Crippen LogP contribution < -0.4 is 5.32 Å². The smallest absolute Gasteiger partial charge is 0.228 e. The van der Waals surface area contributed by atoms with Gasteiger partial charge in [-0.1, -0.05) is 33.6 Å². The molecular formula is C21H34N2O2. The lowest BCUT2D eigenvalue weighted by molar-refractivity contribution is -0.136. The van der Waals surface area contributed by atoms with Gasteiger partial charge in [0.05, 0.1) is 6.04 Å². The highest BCUT2D eigenvalue weighted by Crippen LogP contribution is 2.54. The molecule has 0 radical (unpaired) electrons. The maximum atomic E-state index is 13.1. The summed E-state index contributed by atoms with van der Waals surface area (Å²) in [6, 6.07) is 0.0999. The molecule has 0 aromatic heterocycles. The molecule has 0 spiro atoms. The molecule has 1 N–H and O–H groups in total. The second-order valence-corrected chi connectivity index (χ2v) is 10.0. The van der Waals surface area contributed by atoms with Crippen molar-refractivity contribution in [3.8, 4) is 0 Å². The molecule has 4 nitrogen and oxygen atoms in total. The first-order chi connectivity index (χ1) is 11.8. The highest BCUT2D eigenvalue weighted by atomic mass is 16.2. The Labute approximate surface area is 152 Å². The minimum absolute atomic E-state index is 0.0340. The molecule has 4 fully saturated rings. The molecule has 3 saturated carbocycles. The molecular weight excluding hydrogens is 312 g/mol. The maximum absolute atomic E-state index is 13.1. The molecule has 1 aliphatic heterocycles. The van der Waals surface area contributed by atoms with Crippen LogP contribution in [0.3, 0.4) is 0 Å². The van der Waals surface area contributed by atoms with Crippen LogP contribution in [0.2, 0.25) is 0 Å². The molecule has 140 valence electrons. The molecule has 1 saturated heterocycles. The van der Waals surface area contributed by atoms with Gasteiger partial charge in [-0.3, -0.25) is 9.59 Å². The summed E-state index contributed by atoms with van der Waals surface area (Å²) in [7, 11) is 0. The number of rotatable bonds is 6. The first-order valence-electron chi connectivity index (χ1n) is 10.4. The second kappa shape index (κ2) is 5.99. The number of hydrogen-bond donors (Lipinski definition) is 1. The monoisotopic (exact) mass is 346 g/mol. The van der Waals surface area contributed by atoms with Crippen LogP contribution >= 0.6 is 0 Å². The van der Waals surface area contributed by atoms with E-state index in [0.717, 1.165) is 63.3 Å². The lowest BCUT2D eigenvalue weighted by atomic mass is 9.87. The predicted octanol–water partition coefficient (Wildman–Crippen LogP) is 3.36. The lowest BCUT2D eigenvalue weighted by Gasteiger charge is -2.27. The fourth-order valence-corrected chi connectivity index (χ4v) is 5.32. The van der Waals surface area contributed by atoms with Gasteiger partial charge in [0.2, 0.25) is 11.8 Å². The third-order valence-electron chi connectivity index (χ3n) is 7.48. The molecule has 1 heterocycles. The number of unbranched alkanes of at least 4 members (excludes halogenated alkanes) is 1. The molecule has 3 aliphatic carbocycles. The minimum atomic E-state index is -0.0578. The zero-order valence-corrected chi connectivity index (χ0v) is 16.1. The van der Waals surface area contributed by atoms with Gasteiger partial charge in [0, 0.05) is 29.8 Å². The van der Waals surface area contributed by atoms with E-state index >= 15 is 0 Å². The highest BCUT2D eigenvalue weighted by Gasteiger charge is 2.54. The Hall–Kier alpha value is -1.06. The van der Waals surface area contributed by atoms with Crippen molar-refractivity contribution in [2.45, 2.75) is 78.2 Å². The summed E-state index contributed by atoms with van der Waals surface area (Å²) in [6.07, 6.45) is 8.99. The van der Waals surface area contributed by atoms with Crippen LogP contribution in [0.5, 0.6) is 0 Å². The number of hydrogen-bond acceptors (Lipinski definition) is 2. The number of amides is 2. The molecule has 2 unspecified atom stereocenters. The fraction of sp³-hybridized carbons (Fsp3) is 0.905. The van der Waals surface area contributed by atoms with Gasteiger partial charge >= 0.3 is 0 Å². The SMILES string of the molecule is CCCCC1(C(=O)N2CC(NC(=O)C3C[C@@H]4C[C@@H]4C3)C(C)(C)C2)CC1. The van der Waals surface area contributed by atoms with Crippen molar-refractivity contribution >= 4 is 11.8 Å². The van der Waals surface area contributed by atoms with Crippen LogP contribution in [0.4, 0.5) is 0 Å². The van der Waals surface area contributed by atoms with Gasteiger partial charge in [-0.25, -0.2) is 0 Å². The van der Waals surface area contributed by atoms with Crippen molar-refractivity contribution in [2.75, 3.05) is 13.1 Å². The summed E-state index contributed by atoms with van der Waals surface area (Å²) in [5.41, 5.74) is -0.0919. The summed E-state index contributed by atoms with van der Waals surface area (Å²) in [4.78, 5) is 27.8. The second-order valence-electron chi connectivity index (χ2n) is 10.0. The average Bonchev–Trinajstić information content (AvgIpc) is 3.46. The van der Waals surface area contributed by atoms with Crippen LogP contribution in [-0.2, 0) is 9.59 Å². The van der Waals surface area contributed by atoms with Gasteiger partial charge in [0.15, 0.2) is 0 Å². The number of nitrogens with zero attached hydrogens (tertiary/aromatic N) is 1. The predicted molar refractivity (Wildman–Crippen MR) is 97.8 cm³/mol. The first-order valence-corrected chi connectivity index (χ1v) is 10.4. The quantitative estimate of drug-likeness (QED) is 0.802. The Bertz CT molecular complexity index is 556. The van der Waals surface area contributed by atoms with Gasteiger partial charge < -0.3 is 10.2 Å². The molecule has 4 aliphatic rings. The van der Waals surface area contributed by atoms with E-state index in [2.05, 4.69) is 31.0 Å². The topological polar surface area (TPSA) is 49.4 Å². The summed E-state index contributed by atoms with van der Waals surface area (Å²) in [5, 5.41) is 3.32. The third-order valence-corrected chi connectivity index (χ3v) is 7.48. The third kappa shape index (κ3) is 3.21. The van der Waals surface area contributed by atoms with Crippen molar-refractivity contribution in [1.82, 2.24) is 10.2 Å². The van der Waals surface area contributed by atoms with Crippen molar-refractivity contribution in [2.24, 2.45) is 28.6 Å². The largest absolute Gasteiger partial charge is 0.351 e.